The summed E-state index contributed by atoms with van der Waals surface area (Å²) in [5, 5.41) is 4.93. The van der Waals surface area contributed by atoms with Crippen molar-refractivity contribution in [1.29, 1.82) is 0 Å². The smallest absolute Gasteiger partial charge is 0.177 e. The summed E-state index contributed by atoms with van der Waals surface area (Å²) in [5.74, 6) is 0. The van der Waals surface area contributed by atoms with Crippen molar-refractivity contribution in [2.24, 2.45) is 10.1 Å². The standard InChI is InChI=1S/C8H17N3S/c1-6(2)9-8(12-5)11-10-7(3)4/h6H,1-5H3,(H,9,11). The quantitative estimate of drug-likeness (QED) is 0.408. The van der Waals surface area contributed by atoms with Crippen LogP contribution in [0.15, 0.2) is 10.1 Å². The minimum atomic E-state index is 0.312. The fourth-order valence-corrected chi connectivity index (χ4v) is 0.975. The van der Waals surface area contributed by atoms with Crippen molar-refractivity contribution in [3.8, 4) is 0 Å². The number of aliphatic imine (C=N–C) groups is 1. The molecule has 0 aliphatic rings. The van der Waals surface area contributed by atoms with Gasteiger partial charge in [-0.15, -0.1) is 0 Å². The Morgan fingerprint density at radius 2 is 1.92 bits per heavy atom. The molecule has 0 aliphatic heterocycles. The Kier molecular flexibility index (Phi) is 5.80. The summed E-state index contributed by atoms with van der Waals surface area (Å²) >= 11 is 1.57. The topological polar surface area (TPSA) is 36.8 Å². The van der Waals surface area contributed by atoms with E-state index in [1.807, 2.05) is 34.0 Å². The van der Waals surface area contributed by atoms with Crippen molar-refractivity contribution in [2.45, 2.75) is 33.7 Å². The lowest BCUT2D eigenvalue weighted by atomic mass is 10.4. The Morgan fingerprint density at radius 1 is 1.33 bits per heavy atom. The van der Waals surface area contributed by atoms with Gasteiger partial charge < -0.3 is 0 Å². The number of hydrogen-bond donors (Lipinski definition) is 1. The van der Waals surface area contributed by atoms with E-state index in [-0.39, 0.29) is 0 Å². The van der Waals surface area contributed by atoms with Gasteiger partial charge in [0.25, 0.3) is 0 Å². The second-order valence-electron chi connectivity index (χ2n) is 2.90. The van der Waals surface area contributed by atoms with Gasteiger partial charge in [-0.25, -0.2) is 0 Å². The molecule has 0 saturated carbocycles. The third-order valence-corrected chi connectivity index (χ3v) is 1.53. The molecule has 0 unspecified atom stereocenters. The van der Waals surface area contributed by atoms with Crippen LogP contribution < -0.4 is 5.43 Å². The predicted molar refractivity (Wildman–Crippen MR) is 58.0 cm³/mol. The Bertz CT molecular complexity index is 181. The van der Waals surface area contributed by atoms with E-state index in [1.54, 1.807) is 11.8 Å². The first-order valence-electron chi connectivity index (χ1n) is 3.95. The molecule has 0 amide bonds. The molecule has 0 spiro atoms. The van der Waals surface area contributed by atoms with Gasteiger partial charge in [0.2, 0.25) is 0 Å². The summed E-state index contributed by atoms with van der Waals surface area (Å²) in [5.41, 5.74) is 3.90. The highest BCUT2D eigenvalue weighted by Crippen LogP contribution is 1.98. The second-order valence-corrected chi connectivity index (χ2v) is 3.70. The van der Waals surface area contributed by atoms with E-state index in [2.05, 4.69) is 15.5 Å². The summed E-state index contributed by atoms with van der Waals surface area (Å²) in [6.45, 7) is 7.97. The summed E-state index contributed by atoms with van der Waals surface area (Å²) in [6, 6.07) is 0.312. The van der Waals surface area contributed by atoms with E-state index in [0.717, 1.165) is 10.9 Å². The molecule has 0 aromatic rings. The first kappa shape index (κ1) is 11.5. The second kappa shape index (κ2) is 6.06. The molecule has 0 atom stereocenters. The third kappa shape index (κ3) is 6.22. The van der Waals surface area contributed by atoms with Crippen molar-refractivity contribution in [3.05, 3.63) is 0 Å². The zero-order chi connectivity index (χ0) is 9.56. The summed E-state index contributed by atoms with van der Waals surface area (Å²) in [7, 11) is 0. The first-order chi connectivity index (χ1) is 5.56. The van der Waals surface area contributed by atoms with Gasteiger partial charge in [0, 0.05) is 11.8 Å². The van der Waals surface area contributed by atoms with E-state index >= 15 is 0 Å². The van der Waals surface area contributed by atoms with Crippen LogP contribution in [0.5, 0.6) is 0 Å². The highest BCUT2D eigenvalue weighted by atomic mass is 32.2. The molecule has 3 nitrogen and oxygen atoms in total. The Balaban J connectivity index is 4.09. The van der Waals surface area contributed by atoms with E-state index in [1.165, 1.54) is 0 Å². The van der Waals surface area contributed by atoms with Gasteiger partial charge >= 0.3 is 0 Å². The van der Waals surface area contributed by atoms with Crippen LogP contribution in [0.25, 0.3) is 0 Å². The van der Waals surface area contributed by atoms with Gasteiger partial charge in [0.05, 0.1) is 0 Å². The van der Waals surface area contributed by atoms with Gasteiger partial charge in [0.15, 0.2) is 5.17 Å². The van der Waals surface area contributed by atoms with Crippen LogP contribution in [0.2, 0.25) is 0 Å². The van der Waals surface area contributed by atoms with Crippen LogP contribution in [0.1, 0.15) is 27.7 Å². The van der Waals surface area contributed by atoms with Crippen LogP contribution in [0.3, 0.4) is 0 Å². The highest BCUT2D eigenvalue weighted by molar-refractivity contribution is 8.13. The number of rotatable bonds is 2. The fourth-order valence-electron chi connectivity index (χ4n) is 0.521. The molecule has 0 rings (SSSR count). The molecule has 0 heterocycles. The molecule has 0 aromatic carbocycles. The van der Waals surface area contributed by atoms with Crippen molar-refractivity contribution in [1.82, 2.24) is 5.43 Å². The number of nitrogens with zero attached hydrogens (tertiary/aromatic N) is 2. The number of hydrazone groups is 1. The van der Waals surface area contributed by atoms with Crippen molar-refractivity contribution < 1.29 is 0 Å². The minimum absolute atomic E-state index is 0.312. The maximum absolute atomic E-state index is 4.33. The molecule has 0 aromatic heterocycles. The third-order valence-electron chi connectivity index (χ3n) is 0.944. The molecule has 4 heteroatoms. The van der Waals surface area contributed by atoms with E-state index in [0.29, 0.717) is 6.04 Å². The molecule has 0 bridgehead atoms. The fraction of sp³-hybridized carbons (Fsp3) is 0.750. The van der Waals surface area contributed by atoms with Crippen molar-refractivity contribution in [2.75, 3.05) is 6.26 Å². The molecule has 0 fully saturated rings. The molecule has 1 N–H and O–H groups in total. The SMILES string of the molecule is CSC(=NC(C)C)NN=C(C)C. The Hall–Kier alpha value is -0.510. The zero-order valence-electron chi connectivity index (χ0n) is 8.38. The van der Waals surface area contributed by atoms with Crippen molar-refractivity contribution >= 4 is 22.6 Å². The first-order valence-corrected chi connectivity index (χ1v) is 5.17. The van der Waals surface area contributed by atoms with Crippen LogP contribution in [0.4, 0.5) is 0 Å². The molecule has 0 aliphatic carbocycles. The molecule has 12 heavy (non-hydrogen) atoms. The maximum Gasteiger partial charge on any atom is 0.177 e. The number of nitrogens with one attached hydrogen (secondary N) is 1. The predicted octanol–water partition coefficient (Wildman–Crippen LogP) is 2.10. The van der Waals surface area contributed by atoms with Gasteiger partial charge in [-0.2, -0.15) is 5.10 Å². The number of thioether (sulfide) groups is 1. The van der Waals surface area contributed by atoms with Crippen LogP contribution >= 0.6 is 11.8 Å². The van der Waals surface area contributed by atoms with Gasteiger partial charge in [0.1, 0.15) is 0 Å². The lowest BCUT2D eigenvalue weighted by Crippen LogP contribution is -2.16. The highest BCUT2D eigenvalue weighted by Gasteiger charge is 1.95. The molecular weight excluding hydrogens is 170 g/mol. The van der Waals surface area contributed by atoms with Crippen LogP contribution in [-0.2, 0) is 0 Å². The largest absolute Gasteiger partial charge is 0.258 e. The summed E-state index contributed by atoms with van der Waals surface area (Å²) < 4.78 is 0. The average molecular weight is 187 g/mol. The van der Waals surface area contributed by atoms with Crippen LogP contribution in [-0.4, -0.2) is 23.2 Å². The molecule has 70 valence electrons. The van der Waals surface area contributed by atoms with Gasteiger partial charge in [-0.3, -0.25) is 10.4 Å². The normalized spacial score (nSPS) is 11.7. The molecular formula is C8H17N3S. The minimum Gasteiger partial charge on any atom is -0.258 e. The lowest BCUT2D eigenvalue weighted by molar-refractivity contribution is 0.826. The van der Waals surface area contributed by atoms with E-state index in [4.69, 9.17) is 0 Å². The summed E-state index contributed by atoms with van der Waals surface area (Å²) in [6.07, 6.45) is 1.98. The zero-order valence-corrected chi connectivity index (χ0v) is 9.20. The number of amidine groups is 1. The van der Waals surface area contributed by atoms with Gasteiger partial charge in [-0.1, -0.05) is 11.8 Å². The van der Waals surface area contributed by atoms with Crippen molar-refractivity contribution in [3.63, 3.8) is 0 Å². The summed E-state index contributed by atoms with van der Waals surface area (Å²) in [4.78, 5) is 4.33. The molecule has 0 saturated heterocycles. The number of hydrogen-bond acceptors (Lipinski definition) is 3. The lowest BCUT2D eigenvalue weighted by Gasteiger charge is -2.04. The monoisotopic (exact) mass is 187 g/mol. The average Bonchev–Trinajstić information content (AvgIpc) is 1.97. The van der Waals surface area contributed by atoms with Crippen LogP contribution in [0, 0.1) is 0 Å². The van der Waals surface area contributed by atoms with Gasteiger partial charge in [-0.05, 0) is 34.0 Å². The van der Waals surface area contributed by atoms with E-state index in [9.17, 15) is 0 Å². The van der Waals surface area contributed by atoms with E-state index < -0.39 is 0 Å². The molecule has 0 radical (unpaired) electrons. The Labute approximate surface area is 78.7 Å². The Morgan fingerprint density at radius 3 is 2.25 bits per heavy atom. The maximum atomic E-state index is 4.33.